The van der Waals surface area contributed by atoms with Crippen LogP contribution in [-0.2, 0) is 4.79 Å². The molecule has 2 aromatic rings. The summed E-state index contributed by atoms with van der Waals surface area (Å²) >= 11 is 12.8. The Labute approximate surface area is 158 Å². The van der Waals surface area contributed by atoms with Gasteiger partial charge in [0.15, 0.2) is 0 Å². The van der Waals surface area contributed by atoms with Crippen LogP contribution < -0.4 is 10.6 Å². The van der Waals surface area contributed by atoms with Crippen molar-refractivity contribution in [3.63, 3.8) is 0 Å². The van der Waals surface area contributed by atoms with Crippen LogP contribution in [0.2, 0.25) is 9.36 Å². The molecular weight excluding hydrogens is 391 g/mol. The van der Waals surface area contributed by atoms with Crippen LogP contribution in [0.15, 0.2) is 0 Å². The van der Waals surface area contributed by atoms with Gasteiger partial charge in [-0.25, -0.2) is 0 Å². The number of carbonyl (C=O) groups is 1. The molecule has 9 nitrogen and oxygen atoms in total. The van der Waals surface area contributed by atoms with E-state index in [1.165, 1.54) is 6.92 Å². The number of anilines is 2. The van der Waals surface area contributed by atoms with E-state index in [4.69, 9.17) is 23.2 Å². The molecule has 2 heterocycles. The Bertz CT molecular complexity index is 813. The molecule has 0 aromatic carbocycles. The largest absolute Gasteiger partial charge is 0.347 e. The number of nitro groups is 1. The molecule has 1 atom stereocenters. The fraction of sp³-hybridized carbons (Fsp3) is 0.385. The summed E-state index contributed by atoms with van der Waals surface area (Å²) in [7, 11) is 0. The van der Waals surface area contributed by atoms with Crippen LogP contribution in [0.3, 0.4) is 0 Å². The van der Waals surface area contributed by atoms with Gasteiger partial charge < -0.3 is 5.32 Å². The van der Waals surface area contributed by atoms with Gasteiger partial charge >= 0.3 is 5.00 Å². The van der Waals surface area contributed by atoms with Gasteiger partial charge in [-0.15, -0.1) is 0 Å². The highest BCUT2D eigenvalue weighted by molar-refractivity contribution is 7.20. The predicted octanol–water partition coefficient (Wildman–Crippen LogP) is 4.22. The minimum absolute atomic E-state index is 0. The molecule has 0 fully saturated rings. The van der Waals surface area contributed by atoms with Crippen LogP contribution in [-0.4, -0.2) is 25.8 Å². The summed E-state index contributed by atoms with van der Waals surface area (Å²) in [4.78, 5) is 33.8. The fourth-order valence-corrected chi connectivity index (χ4v) is 3.50. The second-order valence-corrected chi connectivity index (χ2v) is 6.72. The van der Waals surface area contributed by atoms with Crippen molar-refractivity contribution in [1.29, 1.82) is 0 Å². The van der Waals surface area contributed by atoms with E-state index in [1.807, 2.05) is 0 Å². The maximum atomic E-state index is 11.2. The van der Waals surface area contributed by atoms with E-state index in [9.17, 15) is 14.9 Å². The first-order valence-electron chi connectivity index (χ1n) is 6.58. The van der Waals surface area contributed by atoms with Crippen LogP contribution in [0.25, 0.3) is 0 Å². The zero-order chi connectivity index (χ0) is 18.0. The molecule has 0 aliphatic rings. The number of amides is 1. The Morgan fingerprint density at radius 3 is 2.44 bits per heavy atom. The Balaban J connectivity index is 0.00000312. The first-order chi connectivity index (χ1) is 11.2. The molecule has 25 heavy (non-hydrogen) atoms. The van der Waals surface area contributed by atoms with Gasteiger partial charge in [0, 0.05) is 6.92 Å². The molecule has 12 heteroatoms. The van der Waals surface area contributed by atoms with Crippen LogP contribution >= 0.6 is 34.5 Å². The van der Waals surface area contributed by atoms with Crippen molar-refractivity contribution in [2.75, 3.05) is 10.6 Å². The van der Waals surface area contributed by atoms with Gasteiger partial charge in [-0.2, -0.15) is 15.0 Å². The van der Waals surface area contributed by atoms with E-state index >= 15 is 0 Å². The maximum Gasteiger partial charge on any atom is 0.332 e. The second-order valence-electron chi connectivity index (χ2n) is 4.74. The molecule has 2 aromatic heterocycles. The number of nitrogens with one attached hydrogen (secondary N) is 2. The van der Waals surface area contributed by atoms with Gasteiger partial charge in [-0.05, 0) is 25.2 Å². The number of carbonyl (C=O) groups excluding carboxylic acids is 1. The van der Waals surface area contributed by atoms with Crippen LogP contribution in [0.1, 0.15) is 38.7 Å². The summed E-state index contributed by atoms with van der Waals surface area (Å²) in [6.45, 7) is 4.61. The zero-order valence-corrected chi connectivity index (χ0v) is 15.1. The summed E-state index contributed by atoms with van der Waals surface area (Å²) < 4.78 is 0.137. The molecule has 2 N–H and O–H groups in total. The Kier molecular flexibility index (Phi) is 7.03. The smallest absolute Gasteiger partial charge is 0.332 e. The lowest BCUT2D eigenvalue weighted by Crippen LogP contribution is -2.15. The minimum Gasteiger partial charge on any atom is -0.347 e. The lowest BCUT2D eigenvalue weighted by Gasteiger charge is -2.14. The molecule has 1 amide bonds. The van der Waals surface area contributed by atoms with E-state index in [1.54, 1.807) is 13.8 Å². The third-order valence-corrected chi connectivity index (χ3v) is 4.77. The third-order valence-electron chi connectivity index (χ3n) is 2.81. The molecular formula is C13H16Cl2N6O3S. The average Bonchev–Trinajstić information content (AvgIpc) is 2.73. The minimum atomic E-state index is -0.589. The molecule has 0 aliphatic heterocycles. The van der Waals surface area contributed by atoms with Gasteiger partial charge in [0.1, 0.15) is 10.2 Å². The highest BCUT2D eigenvalue weighted by atomic mass is 35.5. The standard InChI is InChI=1S/C12H12Cl2N6O3S.CH4/c1-4(7-8(13)9(14)24-10(7)20(22)23)15-11-16-5(2)17-12(19-11)18-6(3)21;/h4H,1-3H3,(H2,15,16,17,18,19,21);1H4. The molecule has 0 aliphatic carbocycles. The monoisotopic (exact) mass is 406 g/mol. The number of thiophene rings is 1. The van der Waals surface area contributed by atoms with Gasteiger partial charge in [-0.1, -0.05) is 30.6 Å². The van der Waals surface area contributed by atoms with Gasteiger partial charge in [0.25, 0.3) is 0 Å². The summed E-state index contributed by atoms with van der Waals surface area (Å²) in [6, 6.07) is -0.589. The number of hydrogen-bond donors (Lipinski definition) is 2. The predicted molar refractivity (Wildman–Crippen MR) is 98.6 cm³/mol. The third kappa shape index (κ3) is 4.97. The molecule has 136 valence electrons. The molecule has 0 saturated carbocycles. The number of halogens is 2. The van der Waals surface area contributed by atoms with E-state index in [0.29, 0.717) is 5.82 Å². The summed E-state index contributed by atoms with van der Waals surface area (Å²) in [5.74, 6) is 0.260. The van der Waals surface area contributed by atoms with Crippen molar-refractivity contribution in [3.05, 3.63) is 30.9 Å². The quantitative estimate of drug-likeness (QED) is 0.562. The first kappa shape index (κ1) is 21.0. The fourth-order valence-electron chi connectivity index (χ4n) is 1.92. The Morgan fingerprint density at radius 2 is 1.88 bits per heavy atom. The van der Waals surface area contributed by atoms with Crippen molar-refractivity contribution in [1.82, 2.24) is 15.0 Å². The molecule has 0 radical (unpaired) electrons. The van der Waals surface area contributed by atoms with Crippen LogP contribution in [0.5, 0.6) is 0 Å². The Hall–Kier alpha value is -2.04. The molecule has 0 saturated heterocycles. The van der Waals surface area contributed by atoms with Gasteiger partial charge in [0.05, 0.1) is 21.6 Å². The van der Waals surface area contributed by atoms with Crippen molar-refractivity contribution in [3.8, 4) is 0 Å². The van der Waals surface area contributed by atoms with E-state index < -0.39 is 11.0 Å². The zero-order valence-electron chi connectivity index (χ0n) is 12.8. The molecule has 1 unspecified atom stereocenters. The van der Waals surface area contributed by atoms with E-state index in [2.05, 4.69) is 25.6 Å². The van der Waals surface area contributed by atoms with Crippen molar-refractivity contribution >= 4 is 57.3 Å². The van der Waals surface area contributed by atoms with E-state index in [-0.39, 0.29) is 45.2 Å². The molecule has 2 rings (SSSR count). The molecule has 0 spiro atoms. The summed E-state index contributed by atoms with van der Waals surface area (Å²) in [5.41, 5.74) is 0.246. The first-order valence-corrected chi connectivity index (χ1v) is 8.15. The van der Waals surface area contributed by atoms with E-state index in [0.717, 1.165) is 11.3 Å². The molecule has 0 bridgehead atoms. The van der Waals surface area contributed by atoms with Gasteiger partial charge in [0.2, 0.25) is 17.8 Å². The lowest BCUT2D eigenvalue weighted by atomic mass is 10.1. The number of hydrogen-bond acceptors (Lipinski definition) is 8. The number of rotatable bonds is 5. The lowest BCUT2D eigenvalue weighted by molar-refractivity contribution is -0.380. The SMILES string of the molecule is C.CC(=O)Nc1nc(C)nc(NC(C)c2c([N+](=O)[O-])sc(Cl)c2Cl)n1. The topological polar surface area (TPSA) is 123 Å². The highest BCUT2D eigenvalue weighted by Crippen LogP contribution is 2.45. The number of aromatic nitrogens is 3. The van der Waals surface area contributed by atoms with Gasteiger partial charge in [-0.3, -0.25) is 20.2 Å². The van der Waals surface area contributed by atoms with Crippen LogP contribution in [0, 0.1) is 17.0 Å². The number of nitrogens with zero attached hydrogens (tertiary/aromatic N) is 4. The maximum absolute atomic E-state index is 11.2. The summed E-state index contributed by atoms with van der Waals surface area (Å²) in [5, 5.41) is 16.5. The summed E-state index contributed by atoms with van der Waals surface area (Å²) in [6.07, 6.45) is 0. The second kappa shape index (κ2) is 8.37. The van der Waals surface area contributed by atoms with Crippen molar-refractivity contribution < 1.29 is 9.72 Å². The van der Waals surface area contributed by atoms with Crippen molar-refractivity contribution in [2.24, 2.45) is 0 Å². The Morgan fingerprint density at radius 1 is 1.28 bits per heavy atom. The van der Waals surface area contributed by atoms with Crippen LogP contribution in [0.4, 0.5) is 16.9 Å². The normalized spacial score (nSPS) is 11.4. The number of aryl methyl sites for hydroxylation is 1. The van der Waals surface area contributed by atoms with Crippen molar-refractivity contribution in [2.45, 2.75) is 34.2 Å². The highest BCUT2D eigenvalue weighted by Gasteiger charge is 2.29. The average molecular weight is 407 g/mol.